The maximum absolute atomic E-state index is 13.0. The van der Waals surface area contributed by atoms with E-state index in [9.17, 15) is 4.39 Å². The smallest absolute Gasteiger partial charge is 0.123 e. The van der Waals surface area contributed by atoms with Gasteiger partial charge in [-0.2, -0.15) is 0 Å². The van der Waals surface area contributed by atoms with Gasteiger partial charge in [0.25, 0.3) is 0 Å². The van der Waals surface area contributed by atoms with Crippen LogP contribution in [-0.2, 0) is 6.42 Å². The SMILES string of the molecule is Fc1ccc(Cl)c(CCN2CCNCC2)c1. The number of nitrogens with one attached hydrogen (secondary N) is 1. The van der Waals surface area contributed by atoms with Crippen molar-refractivity contribution in [3.63, 3.8) is 0 Å². The van der Waals surface area contributed by atoms with Crippen LogP contribution in [0.25, 0.3) is 0 Å². The summed E-state index contributed by atoms with van der Waals surface area (Å²) in [5.41, 5.74) is 0.903. The molecule has 1 heterocycles. The molecule has 16 heavy (non-hydrogen) atoms. The highest BCUT2D eigenvalue weighted by Crippen LogP contribution is 2.17. The third kappa shape index (κ3) is 3.17. The van der Waals surface area contributed by atoms with E-state index in [-0.39, 0.29) is 5.82 Å². The molecule has 0 saturated carbocycles. The molecule has 88 valence electrons. The molecule has 1 saturated heterocycles. The number of hydrogen-bond acceptors (Lipinski definition) is 2. The number of rotatable bonds is 3. The van der Waals surface area contributed by atoms with E-state index in [2.05, 4.69) is 10.2 Å². The summed E-state index contributed by atoms with van der Waals surface area (Å²) in [6.07, 6.45) is 0.816. The van der Waals surface area contributed by atoms with Gasteiger partial charge in [-0.3, -0.25) is 0 Å². The lowest BCUT2D eigenvalue weighted by atomic mass is 10.1. The lowest BCUT2D eigenvalue weighted by Crippen LogP contribution is -2.44. The molecule has 1 aromatic rings. The minimum atomic E-state index is -0.209. The van der Waals surface area contributed by atoms with Crippen LogP contribution in [0.15, 0.2) is 18.2 Å². The average molecular weight is 243 g/mol. The second-order valence-electron chi connectivity index (χ2n) is 4.08. The largest absolute Gasteiger partial charge is 0.314 e. The topological polar surface area (TPSA) is 15.3 Å². The highest BCUT2D eigenvalue weighted by atomic mass is 35.5. The Bertz CT molecular complexity index is 351. The van der Waals surface area contributed by atoms with Gasteiger partial charge in [-0.15, -0.1) is 0 Å². The van der Waals surface area contributed by atoms with E-state index in [1.807, 2.05) is 0 Å². The van der Waals surface area contributed by atoms with Crippen molar-refractivity contribution in [2.24, 2.45) is 0 Å². The third-order valence-electron chi connectivity index (χ3n) is 2.91. The average Bonchev–Trinajstić information content (AvgIpc) is 2.32. The first-order valence-corrected chi connectivity index (χ1v) is 6.00. The van der Waals surface area contributed by atoms with Crippen LogP contribution in [-0.4, -0.2) is 37.6 Å². The molecule has 1 fully saturated rings. The summed E-state index contributed by atoms with van der Waals surface area (Å²) in [5, 5.41) is 3.97. The second kappa shape index (κ2) is 5.62. The van der Waals surface area contributed by atoms with Crippen LogP contribution in [0, 0.1) is 5.82 Å². The van der Waals surface area contributed by atoms with Crippen LogP contribution >= 0.6 is 11.6 Å². The van der Waals surface area contributed by atoms with Crippen LogP contribution in [0.5, 0.6) is 0 Å². The quantitative estimate of drug-likeness (QED) is 0.872. The van der Waals surface area contributed by atoms with Crippen molar-refractivity contribution in [2.75, 3.05) is 32.7 Å². The molecule has 1 aliphatic rings. The number of hydrogen-bond donors (Lipinski definition) is 1. The maximum Gasteiger partial charge on any atom is 0.123 e. The molecule has 0 radical (unpaired) electrons. The summed E-state index contributed by atoms with van der Waals surface area (Å²) >= 11 is 6.02. The van der Waals surface area contributed by atoms with Crippen molar-refractivity contribution in [2.45, 2.75) is 6.42 Å². The Balaban J connectivity index is 1.90. The predicted molar refractivity (Wildman–Crippen MR) is 64.4 cm³/mol. The van der Waals surface area contributed by atoms with Gasteiger partial charge in [-0.1, -0.05) is 11.6 Å². The Morgan fingerprint density at radius 2 is 2.06 bits per heavy atom. The monoisotopic (exact) mass is 242 g/mol. The van der Waals surface area contributed by atoms with E-state index < -0.39 is 0 Å². The van der Waals surface area contributed by atoms with Crippen LogP contribution < -0.4 is 5.32 Å². The molecular weight excluding hydrogens is 227 g/mol. The second-order valence-corrected chi connectivity index (χ2v) is 4.48. The Morgan fingerprint density at radius 1 is 1.31 bits per heavy atom. The van der Waals surface area contributed by atoms with Crippen molar-refractivity contribution >= 4 is 11.6 Å². The normalized spacial score (nSPS) is 17.6. The molecular formula is C12H16ClFN2. The molecule has 0 aliphatic carbocycles. The van der Waals surface area contributed by atoms with E-state index in [1.54, 1.807) is 6.07 Å². The third-order valence-corrected chi connectivity index (χ3v) is 3.28. The molecule has 1 N–H and O–H groups in total. The summed E-state index contributed by atoms with van der Waals surface area (Å²) in [6, 6.07) is 4.56. The van der Waals surface area contributed by atoms with Crippen molar-refractivity contribution in [3.8, 4) is 0 Å². The summed E-state index contributed by atoms with van der Waals surface area (Å²) in [7, 11) is 0. The van der Waals surface area contributed by atoms with E-state index in [1.165, 1.54) is 12.1 Å². The molecule has 0 spiro atoms. The van der Waals surface area contributed by atoms with E-state index in [0.29, 0.717) is 5.02 Å². The fraction of sp³-hybridized carbons (Fsp3) is 0.500. The molecule has 0 atom stereocenters. The Hall–Kier alpha value is -0.640. The minimum absolute atomic E-state index is 0.209. The first-order valence-electron chi connectivity index (χ1n) is 5.63. The first-order chi connectivity index (χ1) is 7.75. The first kappa shape index (κ1) is 11.8. The molecule has 1 aromatic carbocycles. The number of halogens is 2. The maximum atomic E-state index is 13.0. The van der Waals surface area contributed by atoms with Gasteiger partial charge >= 0.3 is 0 Å². The molecule has 0 unspecified atom stereocenters. The molecule has 4 heteroatoms. The zero-order valence-electron chi connectivity index (χ0n) is 9.18. The summed E-state index contributed by atoms with van der Waals surface area (Å²) in [4.78, 5) is 2.37. The number of benzene rings is 1. The van der Waals surface area contributed by atoms with E-state index in [0.717, 1.165) is 44.7 Å². The van der Waals surface area contributed by atoms with Crippen molar-refractivity contribution in [1.82, 2.24) is 10.2 Å². The molecule has 0 amide bonds. The lowest BCUT2D eigenvalue weighted by molar-refractivity contribution is 0.244. The lowest BCUT2D eigenvalue weighted by Gasteiger charge is -2.27. The number of nitrogens with zero attached hydrogens (tertiary/aromatic N) is 1. The van der Waals surface area contributed by atoms with Gasteiger partial charge < -0.3 is 10.2 Å². The zero-order chi connectivity index (χ0) is 11.4. The summed E-state index contributed by atoms with van der Waals surface area (Å²) < 4.78 is 13.0. The fourth-order valence-corrected chi connectivity index (χ4v) is 2.16. The van der Waals surface area contributed by atoms with Gasteiger partial charge in [0.15, 0.2) is 0 Å². The van der Waals surface area contributed by atoms with Gasteiger partial charge in [-0.05, 0) is 30.2 Å². The van der Waals surface area contributed by atoms with Crippen molar-refractivity contribution in [1.29, 1.82) is 0 Å². The number of piperazine rings is 1. The molecule has 1 aliphatic heterocycles. The summed E-state index contributed by atoms with van der Waals surface area (Å²) in [6.45, 7) is 5.15. The van der Waals surface area contributed by atoms with Gasteiger partial charge in [0.2, 0.25) is 0 Å². The highest BCUT2D eigenvalue weighted by molar-refractivity contribution is 6.31. The van der Waals surface area contributed by atoms with Crippen LogP contribution in [0.4, 0.5) is 4.39 Å². The van der Waals surface area contributed by atoms with Crippen LogP contribution in [0.2, 0.25) is 5.02 Å². The molecule has 0 bridgehead atoms. The van der Waals surface area contributed by atoms with Crippen LogP contribution in [0.1, 0.15) is 5.56 Å². The van der Waals surface area contributed by atoms with Gasteiger partial charge in [0.05, 0.1) is 0 Å². The van der Waals surface area contributed by atoms with Crippen LogP contribution in [0.3, 0.4) is 0 Å². The fourth-order valence-electron chi connectivity index (χ4n) is 1.95. The molecule has 2 nitrogen and oxygen atoms in total. The molecule has 2 rings (SSSR count). The van der Waals surface area contributed by atoms with Crippen molar-refractivity contribution < 1.29 is 4.39 Å². The van der Waals surface area contributed by atoms with Gasteiger partial charge in [0, 0.05) is 37.7 Å². The minimum Gasteiger partial charge on any atom is -0.314 e. The highest BCUT2D eigenvalue weighted by Gasteiger charge is 2.10. The Labute approximate surface area is 100 Å². The standard InChI is InChI=1S/C12H16ClFN2/c13-12-2-1-11(14)9-10(12)3-6-16-7-4-15-5-8-16/h1-2,9,15H,3-8H2. The zero-order valence-corrected chi connectivity index (χ0v) is 9.93. The van der Waals surface area contributed by atoms with E-state index in [4.69, 9.17) is 11.6 Å². The summed E-state index contributed by atoms with van der Waals surface area (Å²) in [5.74, 6) is -0.209. The van der Waals surface area contributed by atoms with Gasteiger partial charge in [0.1, 0.15) is 5.82 Å². The van der Waals surface area contributed by atoms with Gasteiger partial charge in [-0.25, -0.2) is 4.39 Å². The predicted octanol–water partition coefficient (Wildman–Crippen LogP) is 1.93. The van der Waals surface area contributed by atoms with Crippen molar-refractivity contribution in [3.05, 3.63) is 34.6 Å². The van der Waals surface area contributed by atoms with E-state index >= 15 is 0 Å². The Kier molecular flexibility index (Phi) is 4.16. The molecule has 0 aromatic heterocycles. The Morgan fingerprint density at radius 3 is 2.81 bits per heavy atom.